The van der Waals surface area contributed by atoms with Crippen molar-refractivity contribution in [3.05, 3.63) is 0 Å². The lowest BCUT2D eigenvalue weighted by Crippen LogP contribution is -2.52. The quantitative estimate of drug-likeness (QED) is 0.767. The van der Waals surface area contributed by atoms with Crippen LogP contribution < -0.4 is 0 Å². The smallest absolute Gasteiger partial charge is 0.308 e. The van der Waals surface area contributed by atoms with Crippen molar-refractivity contribution in [2.45, 2.75) is 78.8 Å². The highest BCUT2D eigenvalue weighted by Gasteiger charge is 2.39. The van der Waals surface area contributed by atoms with Gasteiger partial charge in [-0.25, -0.2) is 0 Å². The molecule has 0 aromatic carbocycles. The standard InChI is InChI=1S/C17H33NO2/c1-6-14(7-2)18(11-12(3)4)16-10-13(5)8-9-15(16)17(19)20/h12-16H,6-11H2,1-5H3,(H,19,20). The largest absolute Gasteiger partial charge is 0.481 e. The molecule has 1 N–H and O–H groups in total. The van der Waals surface area contributed by atoms with E-state index in [0.29, 0.717) is 17.9 Å². The summed E-state index contributed by atoms with van der Waals surface area (Å²) in [4.78, 5) is 14.2. The van der Waals surface area contributed by atoms with Crippen molar-refractivity contribution in [1.82, 2.24) is 4.90 Å². The first kappa shape index (κ1) is 17.5. The molecule has 0 bridgehead atoms. The second kappa shape index (κ2) is 8.02. The van der Waals surface area contributed by atoms with Crippen LogP contribution in [0.15, 0.2) is 0 Å². The molecule has 0 aliphatic heterocycles. The lowest BCUT2D eigenvalue weighted by atomic mass is 9.77. The molecule has 0 spiro atoms. The minimum atomic E-state index is -0.596. The summed E-state index contributed by atoms with van der Waals surface area (Å²) in [5.41, 5.74) is 0. The van der Waals surface area contributed by atoms with Crippen LogP contribution in [-0.2, 0) is 4.79 Å². The average Bonchev–Trinajstić information content (AvgIpc) is 2.38. The van der Waals surface area contributed by atoms with E-state index in [4.69, 9.17) is 0 Å². The topological polar surface area (TPSA) is 40.5 Å². The van der Waals surface area contributed by atoms with Gasteiger partial charge in [0.05, 0.1) is 5.92 Å². The maximum absolute atomic E-state index is 11.6. The van der Waals surface area contributed by atoms with E-state index in [2.05, 4.69) is 39.5 Å². The van der Waals surface area contributed by atoms with Crippen LogP contribution in [0.4, 0.5) is 0 Å². The van der Waals surface area contributed by atoms with E-state index >= 15 is 0 Å². The summed E-state index contributed by atoms with van der Waals surface area (Å²) < 4.78 is 0. The molecule has 0 amide bonds. The Morgan fingerprint density at radius 2 is 1.85 bits per heavy atom. The van der Waals surface area contributed by atoms with Crippen molar-refractivity contribution in [2.24, 2.45) is 17.8 Å². The predicted octanol–water partition coefficient (Wildman–Crippen LogP) is 4.02. The fourth-order valence-electron chi connectivity index (χ4n) is 3.74. The third-order valence-corrected chi connectivity index (χ3v) is 4.81. The summed E-state index contributed by atoms with van der Waals surface area (Å²) in [7, 11) is 0. The molecule has 0 radical (unpaired) electrons. The van der Waals surface area contributed by atoms with Gasteiger partial charge in [-0.05, 0) is 43.9 Å². The fourth-order valence-corrected chi connectivity index (χ4v) is 3.74. The minimum absolute atomic E-state index is 0.175. The van der Waals surface area contributed by atoms with Gasteiger partial charge in [0.1, 0.15) is 0 Å². The molecule has 0 heterocycles. The molecule has 3 atom stereocenters. The Balaban J connectivity index is 2.96. The molecule has 0 aromatic rings. The molecular formula is C17H33NO2. The van der Waals surface area contributed by atoms with E-state index in [1.54, 1.807) is 0 Å². The van der Waals surface area contributed by atoms with Crippen LogP contribution in [0.1, 0.15) is 66.7 Å². The summed E-state index contributed by atoms with van der Waals surface area (Å²) in [5.74, 6) is 0.467. The SMILES string of the molecule is CCC(CC)N(CC(C)C)C1CC(C)CCC1C(=O)O. The lowest BCUT2D eigenvalue weighted by molar-refractivity contribution is -0.147. The van der Waals surface area contributed by atoms with Crippen LogP contribution in [-0.4, -0.2) is 34.6 Å². The molecule has 118 valence electrons. The first-order chi connectivity index (χ1) is 9.40. The van der Waals surface area contributed by atoms with Gasteiger partial charge in [0.15, 0.2) is 0 Å². The van der Waals surface area contributed by atoms with Gasteiger partial charge in [-0.3, -0.25) is 9.69 Å². The van der Waals surface area contributed by atoms with Gasteiger partial charge in [-0.15, -0.1) is 0 Å². The Bertz CT molecular complexity index is 299. The second-order valence-electron chi connectivity index (χ2n) is 6.99. The van der Waals surface area contributed by atoms with Crippen LogP contribution in [0.3, 0.4) is 0 Å². The summed E-state index contributed by atoms with van der Waals surface area (Å²) in [6.07, 6.45) is 5.17. The summed E-state index contributed by atoms with van der Waals surface area (Å²) >= 11 is 0. The zero-order chi connectivity index (χ0) is 15.3. The Hall–Kier alpha value is -0.570. The van der Waals surface area contributed by atoms with Crippen LogP contribution in [0.2, 0.25) is 0 Å². The molecule has 20 heavy (non-hydrogen) atoms. The number of carboxylic acids is 1. The number of aliphatic carboxylic acids is 1. The number of nitrogens with zero attached hydrogens (tertiary/aromatic N) is 1. The van der Waals surface area contributed by atoms with Crippen LogP contribution in [0.25, 0.3) is 0 Å². The average molecular weight is 283 g/mol. The van der Waals surface area contributed by atoms with Gasteiger partial charge in [-0.1, -0.05) is 34.6 Å². The van der Waals surface area contributed by atoms with Gasteiger partial charge < -0.3 is 5.11 Å². The summed E-state index contributed by atoms with van der Waals surface area (Å²) in [6.45, 7) is 12.2. The Morgan fingerprint density at radius 1 is 1.25 bits per heavy atom. The Labute approximate surface area is 124 Å². The third-order valence-electron chi connectivity index (χ3n) is 4.81. The van der Waals surface area contributed by atoms with Crippen LogP contribution in [0, 0.1) is 17.8 Å². The highest BCUT2D eigenvalue weighted by atomic mass is 16.4. The highest BCUT2D eigenvalue weighted by molar-refractivity contribution is 5.71. The Kier molecular flexibility index (Phi) is 7.01. The highest BCUT2D eigenvalue weighted by Crippen LogP contribution is 2.34. The maximum atomic E-state index is 11.6. The van der Waals surface area contributed by atoms with E-state index in [1.807, 2.05) is 0 Å². The first-order valence-corrected chi connectivity index (χ1v) is 8.39. The fraction of sp³-hybridized carbons (Fsp3) is 0.941. The number of carbonyl (C=O) groups is 1. The number of hydrogen-bond acceptors (Lipinski definition) is 2. The van der Waals surface area contributed by atoms with Gasteiger partial charge in [0.2, 0.25) is 0 Å². The van der Waals surface area contributed by atoms with Crippen molar-refractivity contribution in [2.75, 3.05) is 6.54 Å². The van der Waals surface area contributed by atoms with Gasteiger partial charge >= 0.3 is 5.97 Å². The van der Waals surface area contributed by atoms with E-state index < -0.39 is 5.97 Å². The molecule has 3 nitrogen and oxygen atoms in total. The Morgan fingerprint density at radius 3 is 2.30 bits per heavy atom. The van der Waals surface area contributed by atoms with Crippen molar-refractivity contribution in [3.8, 4) is 0 Å². The predicted molar refractivity (Wildman–Crippen MR) is 83.8 cm³/mol. The number of carboxylic acid groups (broad SMARTS) is 1. The zero-order valence-corrected chi connectivity index (χ0v) is 13.9. The molecule has 0 aromatic heterocycles. The molecule has 1 saturated carbocycles. The molecule has 1 rings (SSSR count). The summed E-state index contributed by atoms with van der Waals surface area (Å²) in [5, 5.41) is 9.58. The van der Waals surface area contributed by atoms with E-state index in [-0.39, 0.29) is 12.0 Å². The first-order valence-electron chi connectivity index (χ1n) is 8.39. The zero-order valence-electron chi connectivity index (χ0n) is 13.9. The van der Waals surface area contributed by atoms with Gasteiger partial charge in [0, 0.05) is 18.6 Å². The van der Waals surface area contributed by atoms with E-state index in [1.165, 1.54) is 0 Å². The lowest BCUT2D eigenvalue weighted by Gasteiger charge is -2.44. The minimum Gasteiger partial charge on any atom is -0.481 e. The van der Waals surface area contributed by atoms with Crippen LogP contribution in [0.5, 0.6) is 0 Å². The molecular weight excluding hydrogens is 250 g/mol. The number of rotatable bonds is 7. The summed E-state index contributed by atoms with van der Waals surface area (Å²) in [6, 6.07) is 0.748. The third kappa shape index (κ3) is 4.47. The molecule has 1 aliphatic rings. The second-order valence-corrected chi connectivity index (χ2v) is 6.99. The molecule has 1 aliphatic carbocycles. The molecule has 0 saturated heterocycles. The van der Waals surface area contributed by atoms with Gasteiger partial charge in [0.25, 0.3) is 0 Å². The van der Waals surface area contributed by atoms with Crippen molar-refractivity contribution >= 4 is 5.97 Å². The van der Waals surface area contributed by atoms with Gasteiger partial charge in [-0.2, -0.15) is 0 Å². The van der Waals surface area contributed by atoms with Crippen LogP contribution >= 0.6 is 0 Å². The molecule has 3 heteroatoms. The molecule has 3 unspecified atom stereocenters. The van der Waals surface area contributed by atoms with E-state index in [0.717, 1.165) is 38.6 Å². The monoisotopic (exact) mass is 283 g/mol. The van der Waals surface area contributed by atoms with Crippen molar-refractivity contribution in [1.29, 1.82) is 0 Å². The normalized spacial score (nSPS) is 27.5. The number of hydrogen-bond donors (Lipinski definition) is 1. The van der Waals surface area contributed by atoms with E-state index in [9.17, 15) is 9.90 Å². The maximum Gasteiger partial charge on any atom is 0.308 e. The van der Waals surface area contributed by atoms with Crippen molar-refractivity contribution in [3.63, 3.8) is 0 Å². The van der Waals surface area contributed by atoms with Crippen molar-refractivity contribution < 1.29 is 9.90 Å². The molecule has 1 fully saturated rings.